The Kier molecular flexibility index (Phi) is 4.87. The minimum atomic E-state index is -0.896. The number of halogens is 2. The van der Waals surface area contributed by atoms with Crippen molar-refractivity contribution in [2.75, 3.05) is 13.1 Å². The Hall–Kier alpha value is -1.46. The predicted octanol–water partition coefficient (Wildman–Crippen LogP) is 3.08. The summed E-state index contributed by atoms with van der Waals surface area (Å²) in [5.41, 5.74) is -0.896. The Labute approximate surface area is 138 Å². The molecule has 0 radical (unpaired) electrons. The second-order valence-electron chi connectivity index (χ2n) is 5.71. The fourth-order valence-electron chi connectivity index (χ4n) is 2.39. The van der Waals surface area contributed by atoms with Crippen LogP contribution in [0.3, 0.4) is 0 Å². The van der Waals surface area contributed by atoms with Crippen LogP contribution in [-0.2, 0) is 9.59 Å². The number of hydrogen-bond acceptors (Lipinski definition) is 3. The van der Waals surface area contributed by atoms with Crippen LogP contribution in [0.2, 0.25) is 10.0 Å². The van der Waals surface area contributed by atoms with E-state index in [2.05, 4.69) is 0 Å². The topological polar surface area (TPSA) is 66.8 Å². The van der Waals surface area contributed by atoms with Gasteiger partial charge in [-0.05, 0) is 38.5 Å². The van der Waals surface area contributed by atoms with Crippen molar-refractivity contribution in [3.8, 4) is 5.75 Å². The summed E-state index contributed by atoms with van der Waals surface area (Å²) in [6.07, 6.45) is -0.322. The van der Waals surface area contributed by atoms with Crippen molar-refractivity contribution < 1.29 is 19.4 Å². The van der Waals surface area contributed by atoms with Crippen molar-refractivity contribution >= 4 is 35.1 Å². The summed E-state index contributed by atoms with van der Waals surface area (Å²) in [4.78, 5) is 25.1. The summed E-state index contributed by atoms with van der Waals surface area (Å²) in [5.74, 6) is -0.778. The van der Waals surface area contributed by atoms with Crippen LogP contribution in [0.15, 0.2) is 18.2 Å². The molecule has 2 atom stereocenters. The number of hydrogen-bond donors (Lipinski definition) is 1. The number of ether oxygens (including phenoxy) is 1. The first-order valence-electron chi connectivity index (χ1n) is 6.87. The molecule has 0 aliphatic carbocycles. The van der Waals surface area contributed by atoms with Gasteiger partial charge in [0.05, 0.1) is 10.4 Å². The predicted molar refractivity (Wildman–Crippen MR) is 83.5 cm³/mol. The van der Waals surface area contributed by atoms with Crippen LogP contribution < -0.4 is 4.74 Å². The highest BCUT2D eigenvalue weighted by Crippen LogP contribution is 2.32. The molecular weight excluding hydrogens is 329 g/mol. The minimum Gasteiger partial charge on any atom is -0.481 e. The largest absolute Gasteiger partial charge is 0.481 e. The number of nitrogens with zero attached hydrogens (tertiary/aromatic N) is 1. The van der Waals surface area contributed by atoms with E-state index in [0.29, 0.717) is 28.8 Å². The highest BCUT2D eigenvalue weighted by molar-refractivity contribution is 6.35. The van der Waals surface area contributed by atoms with Gasteiger partial charge in [-0.25, -0.2) is 0 Å². The Balaban J connectivity index is 2.03. The standard InChI is InChI=1S/C15H17Cl2NO4/c1-9(22-12-4-3-10(16)7-11(12)17)13(19)18-6-5-15(2,8-18)14(20)21/h3-4,7,9H,5-6,8H2,1-2H3,(H,20,21). The van der Waals surface area contributed by atoms with E-state index in [1.807, 2.05) is 0 Å². The summed E-state index contributed by atoms with van der Waals surface area (Å²) < 4.78 is 5.57. The number of benzene rings is 1. The van der Waals surface area contributed by atoms with E-state index in [4.69, 9.17) is 27.9 Å². The Morgan fingerprint density at radius 3 is 2.64 bits per heavy atom. The molecule has 1 heterocycles. The van der Waals surface area contributed by atoms with Crippen molar-refractivity contribution in [1.82, 2.24) is 4.90 Å². The lowest BCUT2D eigenvalue weighted by atomic mass is 9.90. The molecule has 1 saturated heterocycles. The molecule has 5 nitrogen and oxygen atoms in total. The van der Waals surface area contributed by atoms with E-state index in [1.165, 1.54) is 11.0 Å². The highest BCUT2D eigenvalue weighted by Gasteiger charge is 2.43. The Morgan fingerprint density at radius 1 is 1.41 bits per heavy atom. The third kappa shape index (κ3) is 3.47. The molecule has 1 aromatic carbocycles. The monoisotopic (exact) mass is 345 g/mol. The van der Waals surface area contributed by atoms with Crippen molar-refractivity contribution in [2.45, 2.75) is 26.4 Å². The van der Waals surface area contributed by atoms with Gasteiger partial charge in [-0.3, -0.25) is 9.59 Å². The molecule has 2 unspecified atom stereocenters. The second-order valence-corrected chi connectivity index (χ2v) is 6.55. The minimum absolute atomic E-state index is 0.184. The SMILES string of the molecule is CC(Oc1ccc(Cl)cc1Cl)C(=O)N1CCC(C)(C(=O)O)C1. The van der Waals surface area contributed by atoms with E-state index in [9.17, 15) is 14.7 Å². The zero-order chi connectivity index (χ0) is 16.5. The van der Waals surface area contributed by atoms with Crippen LogP contribution in [0, 0.1) is 5.41 Å². The molecular formula is C15H17Cl2NO4. The number of carbonyl (C=O) groups is 2. The molecule has 1 aromatic rings. The average Bonchev–Trinajstić information content (AvgIpc) is 2.85. The Bertz CT molecular complexity index is 607. The van der Waals surface area contributed by atoms with Crippen LogP contribution in [0.5, 0.6) is 5.75 Å². The van der Waals surface area contributed by atoms with Gasteiger partial charge in [0.1, 0.15) is 5.75 Å². The van der Waals surface area contributed by atoms with Crippen LogP contribution in [0.1, 0.15) is 20.3 Å². The normalized spacial score (nSPS) is 22.5. The molecule has 2 rings (SSSR count). The van der Waals surface area contributed by atoms with Gasteiger partial charge in [0.15, 0.2) is 6.10 Å². The number of carbonyl (C=O) groups excluding carboxylic acids is 1. The first kappa shape index (κ1) is 16.9. The number of carboxylic acids is 1. The number of carboxylic acid groups (broad SMARTS) is 1. The quantitative estimate of drug-likeness (QED) is 0.910. The van der Waals surface area contributed by atoms with Gasteiger partial charge < -0.3 is 14.7 Å². The molecule has 0 bridgehead atoms. The van der Waals surface area contributed by atoms with Crippen LogP contribution in [0.4, 0.5) is 0 Å². The van der Waals surface area contributed by atoms with Crippen molar-refractivity contribution in [1.29, 1.82) is 0 Å². The summed E-state index contributed by atoms with van der Waals surface area (Å²) in [6.45, 7) is 3.85. The first-order valence-corrected chi connectivity index (χ1v) is 7.62. The smallest absolute Gasteiger partial charge is 0.311 e. The van der Waals surface area contributed by atoms with E-state index in [-0.39, 0.29) is 12.5 Å². The van der Waals surface area contributed by atoms with E-state index >= 15 is 0 Å². The third-order valence-electron chi connectivity index (χ3n) is 3.85. The van der Waals surface area contributed by atoms with Crippen molar-refractivity contribution in [2.24, 2.45) is 5.41 Å². The van der Waals surface area contributed by atoms with Crippen molar-refractivity contribution in [3.63, 3.8) is 0 Å². The maximum atomic E-state index is 12.4. The maximum absolute atomic E-state index is 12.4. The van der Waals surface area contributed by atoms with Crippen LogP contribution in [0.25, 0.3) is 0 Å². The molecule has 7 heteroatoms. The lowest BCUT2D eigenvalue weighted by molar-refractivity contribution is -0.147. The zero-order valence-corrected chi connectivity index (χ0v) is 13.8. The molecule has 1 aliphatic rings. The van der Waals surface area contributed by atoms with E-state index in [1.54, 1.807) is 26.0 Å². The molecule has 120 valence electrons. The highest BCUT2D eigenvalue weighted by atomic mass is 35.5. The molecule has 0 aromatic heterocycles. The average molecular weight is 346 g/mol. The lowest BCUT2D eigenvalue weighted by Crippen LogP contribution is -2.41. The summed E-state index contributed by atoms with van der Waals surface area (Å²) in [6, 6.07) is 4.75. The molecule has 22 heavy (non-hydrogen) atoms. The van der Waals surface area contributed by atoms with Gasteiger partial charge in [-0.15, -0.1) is 0 Å². The van der Waals surface area contributed by atoms with Gasteiger partial charge in [-0.1, -0.05) is 23.2 Å². The van der Waals surface area contributed by atoms with Crippen molar-refractivity contribution in [3.05, 3.63) is 28.2 Å². The molecule has 1 fully saturated rings. The number of rotatable bonds is 4. The first-order chi connectivity index (χ1) is 10.2. The number of likely N-dealkylation sites (tertiary alicyclic amines) is 1. The Morgan fingerprint density at radius 2 is 2.09 bits per heavy atom. The molecule has 1 N–H and O–H groups in total. The van der Waals surface area contributed by atoms with Gasteiger partial charge in [0.25, 0.3) is 5.91 Å². The molecule has 0 saturated carbocycles. The maximum Gasteiger partial charge on any atom is 0.311 e. The van der Waals surface area contributed by atoms with Crippen LogP contribution >= 0.6 is 23.2 Å². The van der Waals surface area contributed by atoms with E-state index < -0.39 is 17.5 Å². The molecule has 1 aliphatic heterocycles. The third-order valence-corrected chi connectivity index (χ3v) is 4.38. The van der Waals surface area contributed by atoms with Gasteiger partial charge in [-0.2, -0.15) is 0 Å². The zero-order valence-electron chi connectivity index (χ0n) is 12.3. The van der Waals surface area contributed by atoms with E-state index in [0.717, 1.165) is 0 Å². The van der Waals surface area contributed by atoms with Gasteiger partial charge in [0, 0.05) is 18.1 Å². The summed E-state index contributed by atoms with van der Waals surface area (Å²) >= 11 is 11.8. The fraction of sp³-hybridized carbons (Fsp3) is 0.467. The summed E-state index contributed by atoms with van der Waals surface area (Å²) in [7, 11) is 0. The van der Waals surface area contributed by atoms with Crippen LogP contribution in [-0.4, -0.2) is 41.1 Å². The molecule has 1 amide bonds. The molecule has 0 spiro atoms. The number of amides is 1. The fourth-order valence-corrected chi connectivity index (χ4v) is 2.85. The number of aliphatic carboxylic acids is 1. The summed E-state index contributed by atoms with van der Waals surface area (Å²) in [5, 5.41) is 10.0. The lowest BCUT2D eigenvalue weighted by Gasteiger charge is -2.23. The second kappa shape index (κ2) is 6.34. The van der Waals surface area contributed by atoms with Gasteiger partial charge in [0.2, 0.25) is 0 Å². The van der Waals surface area contributed by atoms with Gasteiger partial charge >= 0.3 is 5.97 Å².